The molecule has 1 atom stereocenters. The van der Waals surface area contributed by atoms with Gasteiger partial charge in [-0.2, -0.15) is 0 Å². The standard InChI is InChI=1S/C15H13F3O/c1-9-4-2-5-10(15(9)18)14(19)8-11-12(16)6-3-7-13(11)17/h2-7,14,19H,8H2,1H3. The van der Waals surface area contributed by atoms with E-state index in [4.69, 9.17) is 0 Å². The maximum absolute atomic E-state index is 13.8. The van der Waals surface area contributed by atoms with Crippen LogP contribution >= 0.6 is 0 Å². The quantitative estimate of drug-likeness (QED) is 0.898. The lowest BCUT2D eigenvalue weighted by Gasteiger charge is -2.14. The van der Waals surface area contributed by atoms with Crippen molar-refractivity contribution in [1.29, 1.82) is 0 Å². The van der Waals surface area contributed by atoms with Crippen LogP contribution in [0, 0.1) is 24.4 Å². The van der Waals surface area contributed by atoms with E-state index in [1.165, 1.54) is 12.1 Å². The van der Waals surface area contributed by atoms with Crippen LogP contribution in [0.4, 0.5) is 13.2 Å². The Morgan fingerprint density at radius 2 is 1.58 bits per heavy atom. The van der Waals surface area contributed by atoms with Gasteiger partial charge >= 0.3 is 0 Å². The van der Waals surface area contributed by atoms with Gasteiger partial charge in [0.05, 0.1) is 6.10 Å². The summed E-state index contributed by atoms with van der Waals surface area (Å²) in [6.45, 7) is 1.56. The highest BCUT2D eigenvalue weighted by Gasteiger charge is 2.18. The van der Waals surface area contributed by atoms with Gasteiger partial charge in [0, 0.05) is 17.5 Å². The normalized spacial score (nSPS) is 12.5. The van der Waals surface area contributed by atoms with Gasteiger partial charge in [-0.1, -0.05) is 24.3 Å². The van der Waals surface area contributed by atoms with Crippen molar-refractivity contribution in [3.63, 3.8) is 0 Å². The predicted molar refractivity (Wildman–Crippen MR) is 66.2 cm³/mol. The molecule has 1 unspecified atom stereocenters. The Bertz CT molecular complexity index is 576. The average Bonchev–Trinajstić information content (AvgIpc) is 2.37. The summed E-state index contributed by atoms with van der Waals surface area (Å²) in [5, 5.41) is 9.95. The first-order valence-corrected chi connectivity index (χ1v) is 5.86. The molecule has 0 saturated heterocycles. The maximum Gasteiger partial charge on any atom is 0.131 e. The Kier molecular flexibility index (Phi) is 3.90. The van der Waals surface area contributed by atoms with Crippen molar-refractivity contribution in [2.24, 2.45) is 0 Å². The van der Waals surface area contributed by atoms with E-state index < -0.39 is 23.6 Å². The summed E-state index contributed by atoms with van der Waals surface area (Å²) >= 11 is 0. The van der Waals surface area contributed by atoms with E-state index in [-0.39, 0.29) is 17.5 Å². The molecule has 0 aromatic heterocycles. The number of benzene rings is 2. The predicted octanol–water partition coefficient (Wildman–Crippen LogP) is 3.69. The van der Waals surface area contributed by atoms with Crippen LogP contribution in [0.3, 0.4) is 0 Å². The van der Waals surface area contributed by atoms with Gasteiger partial charge in [0.25, 0.3) is 0 Å². The summed E-state index contributed by atoms with van der Waals surface area (Å²) in [7, 11) is 0. The molecular formula is C15H13F3O. The minimum Gasteiger partial charge on any atom is -0.388 e. The highest BCUT2D eigenvalue weighted by molar-refractivity contribution is 5.29. The number of rotatable bonds is 3. The summed E-state index contributed by atoms with van der Waals surface area (Å²) in [4.78, 5) is 0. The third-order valence-corrected chi connectivity index (χ3v) is 3.04. The molecule has 100 valence electrons. The molecule has 0 aliphatic carbocycles. The first-order chi connectivity index (χ1) is 9.00. The van der Waals surface area contributed by atoms with Crippen molar-refractivity contribution >= 4 is 0 Å². The topological polar surface area (TPSA) is 20.2 Å². The summed E-state index contributed by atoms with van der Waals surface area (Å²) in [6.07, 6.45) is -1.59. The lowest BCUT2D eigenvalue weighted by atomic mass is 9.98. The van der Waals surface area contributed by atoms with Crippen molar-refractivity contribution in [2.75, 3.05) is 0 Å². The van der Waals surface area contributed by atoms with Gasteiger partial charge in [0.1, 0.15) is 17.5 Å². The first kappa shape index (κ1) is 13.6. The van der Waals surface area contributed by atoms with Gasteiger partial charge in [-0.25, -0.2) is 13.2 Å². The van der Waals surface area contributed by atoms with Crippen LogP contribution in [0.1, 0.15) is 22.8 Å². The van der Waals surface area contributed by atoms with Crippen LogP contribution in [-0.2, 0) is 6.42 Å². The zero-order valence-corrected chi connectivity index (χ0v) is 10.3. The Labute approximate surface area is 109 Å². The van der Waals surface area contributed by atoms with Gasteiger partial charge in [0.2, 0.25) is 0 Å². The van der Waals surface area contributed by atoms with Gasteiger partial charge in [-0.3, -0.25) is 0 Å². The van der Waals surface area contributed by atoms with Crippen LogP contribution in [0.2, 0.25) is 0 Å². The number of halogens is 3. The minimum atomic E-state index is -1.29. The molecule has 0 amide bonds. The summed E-state index contributed by atoms with van der Waals surface area (Å²) in [5.41, 5.74) is 0.184. The molecule has 0 saturated carbocycles. The van der Waals surface area contributed by atoms with E-state index >= 15 is 0 Å². The molecule has 4 heteroatoms. The SMILES string of the molecule is Cc1cccc(C(O)Cc2c(F)cccc2F)c1F. The molecule has 1 N–H and O–H groups in total. The van der Waals surface area contributed by atoms with Gasteiger partial charge in [-0.15, -0.1) is 0 Å². The van der Waals surface area contributed by atoms with E-state index in [9.17, 15) is 18.3 Å². The highest BCUT2D eigenvalue weighted by Crippen LogP contribution is 2.25. The summed E-state index contributed by atoms with van der Waals surface area (Å²) < 4.78 is 40.7. The minimum absolute atomic E-state index is 0.0441. The molecule has 0 aliphatic rings. The Hall–Kier alpha value is -1.81. The second kappa shape index (κ2) is 5.45. The van der Waals surface area contributed by atoms with Crippen LogP contribution in [0.5, 0.6) is 0 Å². The monoisotopic (exact) mass is 266 g/mol. The number of aliphatic hydroxyl groups excluding tert-OH is 1. The van der Waals surface area contributed by atoms with Crippen molar-refractivity contribution in [3.05, 3.63) is 70.5 Å². The zero-order valence-electron chi connectivity index (χ0n) is 10.3. The fourth-order valence-electron chi connectivity index (χ4n) is 1.96. The molecule has 0 aliphatic heterocycles. The third kappa shape index (κ3) is 2.79. The number of aryl methyl sites for hydroxylation is 1. The third-order valence-electron chi connectivity index (χ3n) is 3.04. The largest absolute Gasteiger partial charge is 0.388 e. The van der Waals surface area contributed by atoms with Crippen molar-refractivity contribution in [3.8, 4) is 0 Å². The number of hydrogen-bond donors (Lipinski definition) is 1. The molecule has 0 radical (unpaired) electrons. The molecule has 2 aromatic rings. The maximum atomic E-state index is 13.8. The molecule has 0 fully saturated rings. The lowest BCUT2D eigenvalue weighted by Crippen LogP contribution is -2.08. The van der Waals surface area contributed by atoms with E-state index in [0.717, 1.165) is 12.1 Å². The molecule has 1 nitrogen and oxygen atoms in total. The molecule has 0 bridgehead atoms. The van der Waals surface area contributed by atoms with E-state index in [0.29, 0.717) is 5.56 Å². The van der Waals surface area contributed by atoms with Gasteiger partial charge in [0.15, 0.2) is 0 Å². The lowest BCUT2D eigenvalue weighted by molar-refractivity contribution is 0.170. The number of hydrogen-bond acceptors (Lipinski definition) is 1. The highest BCUT2D eigenvalue weighted by atomic mass is 19.1. The molecule has 19 heavy (non-hydrogen) atoms. The second-order valence-electron chi connectivity index (χ2n) is 4.40. The average molecular weight is 266 g/mol. The van der Waals surface area contributed by atoms with Crippen LogP contribution in [0.25, 0.3) is 0 Å². The van der Waals surface area contributed by atoms with Gasteiger partial charge in [-0.05, 0) is 24.6 Å². The number of aliphatic hydroxyl groups is 1. The summed E-state index contributed by atoms with van der Waals surface area (Å²) in [6, 6.07) is 8.03. The fourth-order valence-corrected chi connectivity index (χ4v) is 1.96. The fraction of sp³-hybridized carbons (Fsp3) is 0.200. The van der Waals surface area contributed by atoms with E-state index in [1.807, 2.05) is 0 Å². The Morgan fingerprint density at radius 1 is 1.00 bits per heavy atom. The van der Waals surface area contributed by atoms with E-state index in [2.05, 4.69) is 0 Å². The molecule has 0 heterocycles. The van der Waals surface area contributed by atoms with Crippen molar-refractivity contribution < 1.29 is 18.3 Å². The molecular weight excluding hydrogens is 253 g/mol. The Morgan fingerprint density at radius 3 is 2.21 bits per heavy atom. The van der Waals surface area contributed by atoms with Crippen LogP contribution < -0.4 is 0 Å². The molecule has 2 rings (SSSR count). The van der Waals surface area contributed by atoms with E-state index in [1.54, 1.807) is 19.1 Å². The van der Waals surface area contributed by atoms with Crippen LogP contribution in [-0.4, -0.2) is 5.11 Å². The molecule has 0 spiro atoms. The zero-order chi connectivity index (χ0) is 14.0. The van der Waals surface area contributed by atoms with Crippen LogP contribution in [0.15, 0.2) is 36.4 Å². The van der Waals surface area contributed by atoms with Gasteiger partial charge < -0.3 is 5.11 Å². The van der Waals surface area contributed by atoms with Crippen molar-refractivity contribution in [2.45, 2.75) is 19.4 Å². The first-order valence-electron chi connectivity index (χ1n) is 5.86. The summed E-state index contributed by atoms with van der Waals surface area (Å²) in [5.74, 6) is -2.04. The molecule has 2 aromatic carbocycles. The van der Waals surface area contributed by atoms with Crippen molar-refractivity contribution in [1.82, 2.24) is 0 Å². The second-order valence-corrected chi connectivity index (χ2v) is 4.40. The Balaban J connectivity index is 2.31. The smallest absolute Gasteiger partial charge is 0.131 e.